The van der Waals surface area contributed by atoms with Crippen LogP contribution in [0.2, 0.25) is 5.02 Å². The molecule has 0 saturated carbocycles. The van der Waals surface area contributed by atoms with Crippen LogP contribution in [-0.4, -0.2) is 18.6 Å². The van der Waals surface area contributed by atoms with Crippen molar-refractivity contribution < 1.29 is 0 Å². The zero-order valence-electron chi connectivity index (χ0n) is 11.3. The lowest BCUT2D eigenvalue weighted by Gasteiger charge is -2.15. The Morgan fingerprint density at radius 3 is 2.95 bits per heavy atom. The fourth-order valence-electron chi connectivity index (χ4n) is 2.67. The van der Waals surface area contributed by atoms with Crippen LogP contribution in [0.5, 0.6) is 0 Å². The van der Waals surface area contributed by atoms with Crippen LogP contribution in [0.4, 0.5) is 0 Å². The van der Waals surface area contributed by atoms with E-state index in [2.05, 4.69) is 40.1 Å². The van der Waals surface area contributed by atoms with Gasteiger partial charge < -0.3 is 10.3 Å². The molecule has 0 radical (unpaired) electrons. The Bertz CT molecular complexity index is 688. The second-order valence-electron chi connectivity index (χ2n) is 4.87. The molecule has 0 fully saturated rings. The lowest BCUT2D eigenvalue weighted by atomic mass is 9.93. The highest BCUT2D eigenvalue weighted by atomic mass is 35.5. The lowest BCUT2D eigenvalue weighted by Crippen LogP contribution is -2.12. The minimum absolute atomic E-state index is 0.385. The van der Waals surface area contributed by atoms with Gasteiger partial charge in [-0.3, -0.25) is 0 Å². The summed E-state index contributed by atoms with van der Waals surface area (Å²) in [5, 5.41) is 7.36. The summed E-state index contributed by atoms with van der Waals surface area (Å²) in [4.78, 5) is 4.74. The van der Waals surface area contributed by atoms with Crippen molar-refractivity contribution in [1.82, 2.24) is 10.3 Å². The summed E-state index contributed by atoms with van der Waals surface area (Å²) in [6.45, 7) is 0.986. The molecular formula is C16H17ClN2S. The fourth-order valence-corrected chi connectivity index (χ4v) is 3.83. The Hall–Kier alpha value is -1.29. The van der Waals surface area contributed by atoms with E-state index < -0.39 is 0 Å². The molecule has 4 heteroatoms. The Morgan fingerprint density at radius 1 is 1.30 bits per heavy atom. The van der Waals surface area contributed by atoms with Crippen LogP contribution in [0.25, 0.3) is 10.9 Å². The van der Waals surface area contributed by atoms with E-state index in [9.17, 15) is 0 Å². The van der Waals surface area contributed by atoms with E-state index in [0.717, 1.165) is 28.9 Å². The van der Waals surface area contributed by atoms with Crippen molar-refractivity contribution in [3.8, 4) is 0 Å². The molecule has 1 unspecified atom stereocenters. The number of aromatic amines is 1. The zero-order valence-corrected chi connectivity index (χ0v) is 12.9. The average Bonchev–Trinajstić information content (AvgIpc) is 3.10. The number of fused-ring (bicyclic) bond motifs is 1. The smallest absolute Gasteiger partial charge is 0.0502 e. The molecule has 2 aromatic heterocycles. The molecule has 0 aliphatic carbocycles. The van der Waals surface area contributed by atoms with Gasteiger partial charge >= 0.3 is 0 Å². The van der Waals surface area contributed by atoms with E-state index in [1.54, 1.807) is 0 Å². The third-order valence-electron chi connectivity index (χ3n) is 3.63. The highest BCUT2D eigenvalue weighted by Crippen LogP contribution is 2.37. The second-order valence-corrected chi connectivity index (χ2v) is 6.25. The molecule has 0 aliphatic heterocycles. The van der Waals surface area contributed by atoms with Crippen molar-refractivity contribution in [3.63, 3.8) is 0 Å². The van der Waals surface area contributed by atoms with Gasteiger partial charge in [0.25, 0.3) is 0 Å². The Morgan fingerprint density at radius 2 is 2.20 bits per heavy atom. The Labute approximate surface area is 127 Å². The molecule has 0 bridgehead atoms. The molecule has 0 aliphatic rings. The SMILES string of the molecule is CNCCC(c1cccs1)c1c[nH]c2cccc(Cl)c12. The van der Waals surface area contributed by atoms with Crippen LogP contribution in [0.15, 0.2) is 41.9 Å². The Balaban J connectivity index is 2.09. The van der Waals surface area contributed by atoms with Crippen molar-refractivity contribution in [3.05, 3.63) is 57.4 Å². The summed E-state index contributed by atoms with van der Waals surface area (Å²) in [6, 6.07) is 10.3. The normalized spacial score (nSPS) is 12.9. The molecule has 104 valence electrons. The first-order chi connectivity index (χ1) is 9.81. The summed E-state index contributed by atoms with van der Waals surface area (Å²) in [7, 11) is 1.99. The number of thiophene rings is 1. The number of benzene rings is 1. The fraction of sp³-hybridized carbons (Fsp3) is 0.250. The van der Waals surface area contributed by atoms with Gasteiger partial charge in [0.1, 0.15) is 0 Å². The van der Waals surface area contributed by atoms with Crippen molar-refractivity contribution in [2.75, 3.05) is 13.6 Å². The molecular weight excluding hydrogens is 288 g/mol. The van der Waals surface area contributed by atoms with E-state index in [1.807, 2.05) is 30.5 Å². The maximum absolute atomic E-state index is 6.41. The molecule has 3 rings (SSSR count). The van der Waals surface area contributed by atoms with Gasteiger partial charge in [0.05, 0.1) is 5.02 Å². The highest BCUT2D eigenvalue weighted by molar-refractivity contribution is 7.10. The second kappa shape index (κ2) is 6.00. The first kappa shape index (κ1) is 13.7. The third-order valence-corrected chi connectivity index (χ3v) is 4.93. The van der Waals surface area contributed by atoms with Crippen LogP contribution >= 0.6 is 22.9 Å². The maximum Gasteiger partial charge on any atom is 0.0502 e. The molecule has 2 heterocycles. The van der Waals surface area contributed by atoms with Gasteiger partial charge in [-0.05, 0) is 49.2 Å². The largest absolute Gasteiger partial charge is 0.361 e. The maximum atomic E-state index is 6.41. The van der Waals surface area contributed by atoms with Crippen molar-refractivity contribution in [2.24, 2.45) is 0 Å². The van der Waals surface area contributed by atoms with Crippen LogP contribution < -0.4 is 5.32 Å². The summed E-state index contributed by atoms with van der Waals surface area (Å²) in [5.74, 6) is 0.385. The first-order valence-electron chi connectivity index (χ1n) is 6.74. The van der Waals surface area contributed by atoms with Crippen LogP contribution in [0, 0.1) is 0 Å². The highest BCUT2D eigenvalue weighted by Gasteiger charge is 2.19. The standard InChI is InChI=1S/C16H17ClN2S/c1-18-8-7-11(15-6-3-9-20-15)12-10-19-14-5-2-4-13(17)16(12)14/h2-6,9-11,18-19H,7-8H2,1H3. The topological polar surface area (TPSA) is 27.8 Å². The number of rotatable bonds is 5. The number of hydrogen-bond acceptors (Lipinski definition) is 2. The Kier molecular flexibility index (Phi) is 4.10. The van der Waals surface area contributed by atoms with Crippen LogP contribution in [0.1, 0.15) is 22.8 Å². The molecule has 0 spiro atoms. The summed E-state index contributed by atoms with van der Waals surface area (Å²) in [5.41, 5.74) is 2.40. The average molecular weight is 305 g/mol. The lowest BCUT2D eigenvalue weighted by molar-refractivity contribution is 0.671. The molecule has 0 amide bonds. The predicted octanol–water partition coefficient (Wildman–Crippen LogP) is 4.62. The molecule has 3 aromatic rings. The predicted molar refractivity (Wildman–Crippen MR) is 88.0 cm³/mol. The van der Waals surface area contributed by atoms with E-state index in [4.69, 9.17) is 11.6 Å². The quantitative estimate of drug-likeness (QED) is 0.707. The van der Waals surface area contributed by atoms with E-state index in [1.165, 1.54) is 10.4 Å². The van der Waals surface area contributed by atoms with E-state index in [0.29, 0.717) is 5.92 Å². The molecule has 20 heavy (non-hydrogen) atoms. The summed E-state index contributed by atoms with van der Waals surface area (Å²) < 4.78 is 0. The molecule has 2 N–H and O–H groups in total. The zero-order chi connectivity index (χ0) is 13.9. The minimum atomic E-state index is 0.385. The van der Waals surface area contributed by atoms with Crippen molar-refractivity contribution in [1.29, 1.82) is 0 Å². The molecule has 1 aromatic carbocycles. The van der Waals surface area contributed by atoms with E-state index >= 15 is 0 Å². The number of aromatic nitrogens is 1. The number of hydrogen-bond donors (Lipinski definition) is 2. The van der Waals surface area contributed by atoms with Gasteiger partial charge in [0.15, 0.2) is 0 Å². The van der Waals surface area contributed by atoms with Crippen molar-refractivity contribution in [2.45, 2.75) is 12.3 Å². The summed E-state index contributed by atoms with van der Waals surface area (Å²) in [6.07, 6.45) is 3.17. The molecule has 1 atom stereocenters. The molecule has 0 saturated heterocycles. The minimum Gasteiger partial charge on any atom is -0.361 e. The van der Waals surface area contributed by atoms with Gasteiger partial charge in [-0.1, -0.05) is 23.7 Å². The number of H-pyrrole nitrogens is 1. The number of nitrogens with one attached hydrogen (secondary N) is 2. The van der Waals surface area contributed by atoms with Gasteiger partial charge in [-0.25, -0.2) is 0 Å². The van der Waals surface area contributed by atoms with Gasteiger partial charge in [-0.15, -0.1) is 11.3 Å². The summed E-state index contributed by atoms with van der Waals surface area (Å²) >= 11 is 8.22. The monoisotopic (exact) mass is 304 g/mol. The third kappa shape index (κ3) is 2.49. The molecule has 2 nitrogen and oxygen atoms in total. The van der Waals surface area contributed by atoms with Gasteiger partial charge in [0, 0.05) is 27.9 Å². The first-order valence-corrected chi connectivity index (χ1v) is 8.00. The van der Waals surface area contributed by atoms with Crippen LogP contribution in [0.3, 0.4) is 0 Å². The number of halogens is 1. The van der Waals surface area contributed by atoms with Crippen molar-refractivity contribution >= 4 is 33.8 Å². The van der Waals surface area contributed by atoms with Gasteiger partial charge in [0.2, 0.25) is 0 Å². The van der Waals surface area contributed by atoms with Crippen LogP contribution in [-0.2, 0) is 0 Å². The van der Waals surface area contributed by atoms with E-state index in [-0.39, 0.29) is 0 Å². The van der Waals surface area contributed by atoms with Gasteiger partial charge in [-0.2, -0.15) is 0 Å².